The molecule has 1 aliphatic carbocycles. The highest BCUT2D eigenvalue weighted by atomic mass is 16.5. The summed E-state index contributed by atoms with van der Waals surface area (Å²) in [5, 5.41) is 8.47. The Morgan fingerprint density at radius 1 is 1.07 bits per heavy atom. The zero-order valence-electron chi connectivity index (χ0n) is 17.0. The predicted octanol–water partition coefficient (Wildman–Crippen LogP) is 4.63. The van der Waals surface area contributed by atoms with E-state index in [-0.39, 0.29) is 0 Å². The van der Waals surface area contributed by atoms with Crippen LogP contribution in [0.3, 0.4) is 0 Å². The van der Waals surface area contributed by atoms with Crippen molar-refractivity contribution in [3.63, 3.8) is 0 Å². The first kappa shape index (κ1) is 18.4. The molecule has 1 fully saturated rings. The van der Waals surface area contributed by atoms with Crippen LogP contribution in [0.4, 0.5) is 11.4 Å². The van der Waals surface area contributed by atoms with E-state index in [1.165, 1.54) is 0 Å². The quantitative estimate of drug-likeness (QED) is 0.498. The summed E-state index contributed by atoms with van der Waals surface area (Å²) < 4.78 is 16.5. The third kappa shape index (κ3) is 3.30. The maximum absolute atomic E-state index is 5.59. The van der Waals surface area contributed by atoms with Crippen molar-refractivity contribution in [1.82, 2.24) is 20.1 Å². The molecule has 5 rings (SSSR count). The van der Waals surface area contributed by atoms with Crippen molar-refractivity contribution in [3.8, 4) is 23.0 Å². The highest BCUT2D eigenvalue weighted by Crippen LogP contribution is 2.41. The Labute approximate surface area is 173 Å². The second kappa shape index (κ2) is 7.29. The van der Waals surface area contributed by atoms with Crippen LogP contribution < -0.4 is 14.8 Å². The first-order valence-electron chi connectivity index (χ1n) is 9.75. The molecule has 0 bridgehead atoms. The zero-order chi connectivity index (χ0) is 20.7. The lowest BCUT2D eigenvalue weighted by atomic mass is 10.1. The normalized spacial score (nSPS) is 13.4. The van der Waals surface area contributed by atoms with E-state index in [9.17, 15) is 0 Å². The standard InChI is InChI=1S/C22H21N5O3/c1-12-4-8-15-19(25-17-10-14(28-2)7-9-18(17)29-3)16(11-23-21(15)24-12)22-26-20(27-30-22)13-5-6-13/h4,7-11,13H,5-6H2,1-3H3,(H,23,24,25). The van der Waals surface area contributed by atoms with Gasteiger partial charge in [0.2, 0.25) is 0 Å². The molecule has 8 heteroatoms. The van der Waals surface area contributed by atoms with Crippen LogP contribution in [0, 0.1) is 6.92 Å². The smallest absolute Gasteiger partial charge is 0.261 e. The molecule has 0 saturated heterocycles. The molecule has 0 radical (unpaired) electrons. The number of nitrogens with one attached hydrogen (secondary N) is 1. The van der Waals surface area contributed by atoms with Crippen LogP contribution in [0.1, 0.15) is 30.3 Å². The highest BCUT2D eigenvalue weighted by Gasteiger charge is 2.29. The van der Waals surface area contributed by atoms with Crippen molar-refractivity contribution >= 4 is 22.4 Å². The summed E-state index contributed by atoms with van der Waals surface area (Å²) in [5.74, 6) is 2.96. The van der Waals surface area contributed by atoms with Crippen molar-refractivity contribution in [2.75, 3.05) is 19.5 Å². The Bertz CT molecular complexity index is 1230. The van der Waals surface area contributed by atoms with E-state index in [0.717, 1.165) is 41.1 Å². The highest BCUT2D eigenvalue weighted by molar-refractivity contribution is 5.98. The molecule has 0 atom stereocenters. The van der Waals surface area contributed by atoms with Gasteiger partial charge in [0, 0.05) is 29.3 Å². The number of hydrogen-bond acceptors (Lipinski definition) is 8. The second-order valence-corrected chi connectivity index (χ2v) is 7.29. The first-order chi connectivity index (χ1) is 14.7. The molecule has 4 aromatic rings. The summed E-state index contributed by atoms with van der Waals surface area (Å²) in [6.45, 7) is 1.94. The number of aryl methyl sites for hydroxylation is 1. The Morgan fingerprint density at radius 3 is 2.70 bits per heavy atom. The summed E-state index contributed by atoms with van der Waals surface area (Å²) >= 11 is 0. The average Bonchev–Trinajstić information content (AvgIpc) is 3.50. The molecular formula is C22H21N5O3. The van der Waals surface area contributed by atoms with Gasteiger partial charge in [0.05, 0.1) is 31.2 Å². The van der Waals surface area contributed by atoms with E-state index >= 15 is 0 Å². The Kier molecular flexibility index (Phi) is 4.46. The van der Waals surface area contributed by atoms with Gasteiger partial charge in [0.1, 0.15) is 11.5 Å². The molecule has 0 spiro atoms. The summed E-state index contributed by atoms with van der Waals surface area (Å²) in [6, 6.07) is 9.51. The van der Waals surface area contributed by atoms with Crippen LogP contribution in [0.25, 0.3) is 22.5 Å². The van der Waals surface area contributed by atoms with Crippen molar-refractivity contribution in [2.24, 2.45) is 0 Å². The van der Waals surface area contributed by atoms with E-state index in [4.69, 9.17) is 14.0 Å². The van der Waals surface area contributed by atoms with Gasteiger partial charge in [0.15, 0.2) is 11.5 Å². The molecule has 1 N–H and O–H groups in total. The molecule has 3 heterocycles. The van der Waals surface area contributed by atoms with E-state index in [1.54, 1.807) is 20.4 Å². The van der Waals surface area contributed by atoms with E-state index in [0.29, 0.717) is 34.5 Å². The van der Waals surface area contributed by atoms with Gasteiger partial charge in [-0.25, -0.2) is 9.97 Å². The summed E-state index contributed by atoms with van der Waals surface area (Å²) in [4.78, 5) is 13.7. The topological polar surface area (TPSA) is 95.2 Å². The Morgan fingerprint density at radius 2 is 1.93 bits per heavy atom. The molecule has 3 aromatic heterocycles. The van der Waals surface area contributed by atoms with Crippen molar-refractivity contribution in [1.29, 1.82) is 0 Å². The minimum atomic E-state index is 0.398. The molecule has 0 amide bonds. The summed E-state index contributed by atoms with van der Waals surface area (Å²) in [5.41, 5.74) is 3.74. The molecule has 0 unspecified atom stereocenters. The lowest BCUT2D eigenvalue weighted by Crippen LogP contribution is -2.00. The average molecular weight is 403 g/mol. The number of anilines is 2. The molecule has 1 aliphatic rings. The lowest BCUT2D eigenvalue weighted by molar-refractivity contribution is 0.405. The van der Waals surface area contributed by atoms with Crippen molar-refractivity contribution in [3.05, 3.63) is 48.0 Å². The molecule has 1 aromatic carbocycles. The van der Waals surface area contributed by atoms with Gasteiger partial charge in [-0.3, -0.25) is 0 Å². The minimum Gasteiger partial charge on any atom is -0.497 e. The number of ether oxygens (including phenoxy) is 2. The molecule has 30 heavy (non-hydrogen) atoms. The van der Waals surface area contributed by atoms with Gasteiger partial charge < -0.3 is 19.3 Å². The summed E-state index contributed by atoms with van der Waals surface area (Å²) in [7, 11) is 3.26. The van der Waals surface area contributed by atoms with Crippen LogP contribution in [0.2, 0.25) is 0 Å². The number of pyridine rings is 2. The van der Waals surface area contributed by atoms with Gasteiger partial charge >= 0.3 is 0 Å². The maximum Gasteiger partial charge on any atom is 0.261 e. The third-order valence-electron chi connectivity index (χ3n) is 5.15. The fourth-order valence-corrected chi connectivity index (χ4v) is 3.37. The number of hydrogen-bond donors (Lipinski definition) is 1. The SMILES string of the molecule is COc1ccc(OC)c(Nc2c(-c3nc(C4CC4)no3)cnc3nc(C)ccc23)c1. The molecule has 1 saturated carbocycles. The fraction of sp³-hybridized carbons (Fsp3) is 0.273. The largest absolute Gasteiger partial charge is 0.497 e. The van der Waals surface area contributed by atoms with Crippen LogP contribution in [0.15, 0.2) is 41.1 Å². The molecule has 8 nitrogen and oxygen atoms in total. The monoisotopic (exact) mass is 403 g/mol. The van der Waals surface area contributed by atoms with E-state index in [2.05, 4.69) is 25.4 Å². The van der Waals surface area contributed by atoms with Gasteiger partial charge in [-0.2, -0.15) is 4.98 Å². The summed E-state index contributed by atoms with van der Waals surface area (Å²) in [6.07, 6.45) is 3.92. The Hall–Kier alpha value is -3.68. The number of nitrogens with zero attached hydrogens (tertiary/aromatic N) is 4. The van der Waals surface area contributed by atoms with Gasteiger partial charge in [-0.15, -0.1) is 0 Å². The minimum absolute atomic E-state index is 0.398. The van der Waals surface area contributed by atoms with Gasteiger partial charge in [-0.05, 0) is 44.0 Å². The fourth-order valence-electron chi connectivity index (χ4n) is 3.37. The maximum atomic E-state index is 5.59. The third-order valence-corrected chi connectivity index (χ3v) is 5.15. The van der Waals surface area contributed by atoms with Crippen molar-refractivity contribution in [2.45, 2.75) is 25.7 Å². The van der Waals surface area contributed by atoms with E-state index in [1.807, 2.05) is 37.3 Å². The lowest BCUT2D eigenvalue weighted by Gasteiger charge is -2.16. The van der Waals surface area contributed by atoms with E-state index < -0.39 is 0 Å². The number of fused-ring (bicyclic) bond motifs is 1. The number of benzene rings is 1. The van der Waals surface area contributed by atoms with Gasteiger partial charge in [-0.1, -0.05) is 5.16 Å². The van der Waals surface area contributed by atoms with Crippen LogP contribution in [0.5, 0.6) is 11.5 Å². The number of methoxy groups -OCH3 is 2. The predicted molar refractivity (Wildman–Crippen MR) is 112 cm³/mol. The van der Waals surface area contributed by atoms with Crippen LogP contribution in [-0.2, 0) is 0 Å². The molecule has 0 aliphatic heterocycles. The first-order valence-corrected chi connectivity index (χ1v) is 9.75. The molecule has 152 valence electrons. The van der Waals surface area contributed by atoms with Gasteiger partial charge in [0.25, 0.3) is 5.89 Å². The zero-order valence-corrected chi connectivity index (χ0v) is 17.0. The number of rotatable bonds is 6. The second-order valence-electron chi connectivity index (χ2n) is 7.29. The van der Waals surface area contributed by atoms with Crippen molar-refractivity contribution < 1.29 is 14.0 Å². The van der Waals surface area contributed by atoms with Crippen LogP contribution in [-0.4, -0.2) is 34.3 Å². The molecular weight excluding hydrogens is 382 g/mol. The Balaban J connectivity index is 1.68. The number of aromatic nitrogens is 4. The van der Waals surface area contributed by atoms with Crippen LogP contribution >= 0.6 is 0 Å².